The number of rotatable bonds is 7. The number of hydrogen-bond acceptors (Lipinski definition) is 4. The second-order valence-electron chi connectivity index (χ2n) is 6.70. The third-order valence-electron chi connectivity index (χ3n) is 4.88. The molecule has 5 nitrogen and oxygen atoms in total. The Morgan fingerprint density at radius 1 is 0.966 bits per heavy atom. The highest BCUT2D eigenvalue weighted by molar-refractivity contribution is 5.95. The summed E-state index contributed by atoms with van der Waals surface area (Å²) in [4.78, 5) is 19.6. The van der Waals surface area contributed by atoms with E-state index >= 15 is 0 Å². The number of aryl methyl sites for hydroxylation is 1. The van der Waals surface area contributed by atoms with Crippen molar-refractivity contribution in [2.45, 2.75) is 20.4 Å². The molecule has 0 spiro atoms. The minimum absolute atomic E-state index is 0.0353. The Hall–Kier alpha value is -3.34. The van der Waals surface area contributed by atoms with E-state index in [1.807, 2.05) is 74.5 Å². The summed E-state index contributed by atoms with van der Waals surface area (Å²) in [6.45, 7) is 4.92. The van der Waals surface area contributed by atoms with Crippen LogP contribution in [0, 0.1) is 6.92 Å². The van der Waals surface area contributed by atoms with E-state index < -0.39 is 0 Å². The number of hydrogen-bond donors (Lipinski definition) is 0. The van der Waals surface area contributed by atoms with Crippen LogP contribution in [-0.2, 0) is 6.54 Å². The molecule has 1 amide bonds. The number of nitrogens with zero attached hydrogens (tertiary/aromatic N) is 2. The molecule has 3 rings (SSSR count). The maximum atomic E-state index is 13.2. The second kappa shape index (κ2) is 9.24. The lowest BCUT2D eigenvalue weighted by Gasteiger charge is -2.22. The molecular formula is C24H26N2O3. The Morgan fingerprint density at radius 2 is 1.69 bits per heavy atom. The first-order chi connectivity index (χ1) is 14.1. The van der Waals surface area contributed by atoms with Crippen LogP contribution in [0.5, 0.6) is 11.5 Å². The molecule has 0 N–H and O–H groups in total. The molecule has 0 radical (unpaired) electrons. The normalized spacial score (nSPS) is 10.5. The van der Waals surface area contributed by atoms with Gasteiger partial charge in [-0.2, -0.15) is 0 Å². The molecule has 0 fully saturated rings. The Kier molecular flexibility index (Phi) is 6.50. The monoisotopic (exact) mass is 390 g/mol. The number of carbonyl (C=O) groups is 1. The standard InChI is InChI=1S/C24H26N2O3/c1-5-26(16-18-11-14-22(28-3)23(15-18)29-4)24(27)20-12-13-21(25-17(20)2)19-9-7-6-8-10-19/h6-15H,5,16H2,1-4H3. The van der Waals surface area contributed by atoms with Gasteiger partial charge >= 0.3 is 0 Å². The fraction of sp³-hybridized carbons (Fsp3) is 0.250. The maximum absolute atomic E-state index is 13.2. The van der Waals surface area contributed by atoms with Crippen LogP contribution >= 0.6 is 0 Å². The van der Waals surface area contributed by atoms with Gasteiger partial charge in [-0.1, -0.05) is 36.4 Å². The third kappa shape index (κ3) is 4.57. The number of pyridine rings is 1. The summed E-state index contributed by atoms with van der Waals surface area (Å²) in [6, 6.07) is 19.4. The van der Waals surface area contributed by atoms with E-state index in [4.69, 9.17) is 9.47 Å². The Balaban J connectivity index is 1.82. The predicted molar refractivity (Wildman–Crippen MR) is 114 cm³/mol. The van der Waals surface area contributed by atoms with Crippen molar-refractivity contribution in [3.63, 3.8) is 0 Å². The predicted octanol–water partition coefficient (Wildman–Crippen LogP) is 4.74. The molecule has 0 saturated heterocycles. The molecule has 3 aromatic rings. The van der Waals surface area contributed by atoms with Crippen molar-refractivity contribution in [1.82, 2.24) is 9.88 Å². The van der Waals surface area contributed by atoms with Gasteiger partial charge in [-0.15, -0.1) is 0 Å². The molecule has 0 aliphatic rings. The molecule has 1 aromatic heterocycles. The van der Waals surface area contributed by atoms with Crippen LogP contribution in [0.1, 0.15) is 28.5 Å². The zero-order valence-electron chi connectivity index (χ0n) is 17.3. The van der Waals surface area contributed by atoms with Crippen molar-refractivity contribution in [1.29, 1.82) is 0 Å². The SMILES string of the molecule is CCN(Cc1ccc(OC)c(OC)c1)C(=O)c1ccc(-c2ccccc2)nc1C. The van der Waals surface area contributed by atoms with Crippen molar-refractivity contribution in [2.75, 3.05) is 20.8 Å². The lowest BCUT2D eigenvalue weighted by Crippen LogP contribution is -2.31. The first-order valence-electron chi connectivity index (χ1n) is 9.60. The van der Waals surface area contributed by atoms with Gasteiger partial charge in [0.2, 0.25) is 0 Å². The van der Waals surface area contributed by atoms with Gasteiger partial charge in [0.05, 0.1) is 31.2 Å². The van der Waals surface area contributed by atoms with E-state index in [0.717, 1.165) is 22.5 Å². The molecule has 0 atom stereocenters. The van der Waals surface area contributed by atoms with Gasteiger partial charge < -0.3 is 14.4 Å². The van der Waals surface area contributed by atoms with Crippen LogP contribution in [0.25, 0.3) is 11.3 Å². The molecule has 0 bridgehead atoms. The summed E-state index contributed by atoms with van der Waals surface area (Å²) < 4.78 is 10.7. The highest BCUT2D eigenvalue weighted by Gasteiger charge is 2.18. The maximum Gasteiger partial charge on any atom is 0.255 e. The van der Waals surface area contributed by atoms with Crippen LogP contribution in [0.15, 0.2) is 60.7 Å². The van der Waals surface area contributed by atoms with E-state index in [-0.39, 0.29) is 5.91 Å². The average Bonchev–Trinajstić information content (AvgIpc) is 2.77. The quantitative estimate of drug-likeness (QED) is 0.585. The van der Waals surface area contributed by atoms with E-state index in [9.17, 15) is 4.79 Å². The molecule has 29 heavy (non-hydrogen) atoms. The van der Waals surface area contributed by atoms with Gasteiger partial charge in [0, 0.05) is 18.7 Å². The van der Waals surface area contributed by atoms with Crippen LogP contribution in [0.2, 0.25) is 0 Å². The third-order valence-corrected chi connectivity index (χ3v) is 4.88. The van der Waals surface area contributed by atoms with Crippen LogP contribution in [0.3, 0.4) is 0 Å². The van der Waals surface area contributed by atoms with E-state index in [1.54, 1.807) is 19.1 Å². The molecule has 0 aliphatic heterocycles. The molecule has 0 saturated carbocycles. The summed E-state index contributed by atoms with van der Waals surface area (Å²) >= 11 is 0. The summed E-state index contributed by atoms with van der Waals surface area (Å²) in [6.07, 6.45) is 0. The number of ether oxygens (including phenoxy) is 2. The molecule has 2 aromatic carbocycles. The molecule has 1 heterocycles. The topological polar surface area (TPSA) is 51.7 Å². The summed E-state index contributed by atoms with van der Waals surface area (Å²) in [7, 11) is 3.21. The largest absolute Gasteiger partial charge is 0.493 e. The fourth-order valence-corrected chi connectivity index (χ4v) is 3.25. The molecule has 0 aliphatic carbocycles. The van der Waals surface area contributed by atoms with Gasteiger partial charge in [-0.3, -0.25) is 9.78 Å². The number of aromatic nitrogens is 1. The van der Waals surface area contributed by atoms with Gasteiger partial charge in [0.1, 0.15) is 0 Å². The van der Waals surface area contributed by atoms with Crippen molar-refractivity contribution >= 4 is 5.91 Å². The van der Waals surface area contributed by atoms with Crippen LogP contribution < -0.4 is 9.47 Å². The zero-order valence-corrected chi connectivity index (χ0v) is 17.3. The van der Waals surface area contributed by atoms with Crippen LogP contribution in [0.4, 0.5) is 0 Å². The Bertz CT molecular complexity index is 987. The Morgan fingerprint density at radius 3 is 2.31 bits per heavy atom. The number of methoxy groups -OCH3 is 2. The van der Waals surface area contributed by atoms with Gasteiger partial charge in [0.25, 0.3) is 5.91 Å². The first kappa shape index (κ1) is 20.4. The van der Waals surface area contributed by atoms with Crippen molar-refractivity contribution in [3.8, 4) is 22.8 Å². The Labute approximate surface area is 171 Å². The highest BCUT2D eigenvalue weighted by Crippen LogP contribution is 2.28. The lowest BCUT2D eigenvalue weighted by molar-refractivity contribution is 0.0751. The molecular weight excluding hydrogens is 364 g/mol. The number of benzene rings is 2. The van der Waals surface area contributed by atoms with Crippen molar-refractivity contribution < 1.29 is 14.3 Å². The lowest BCUT2D eigenvalue weighted by atomic mass is 10.1. The minimum atomic E-state index is -0.0353. The smallest absolute Gasteiger partial charge is 0.255 e. The highest BCUT2D eigenvalue weighted by atomic mass is 16.5. The first-order valence-corrected chi connectivity index (χ1v) is 9.60. The summed E-state index contributed by atoms with van der Waals surface area (Å²) in [5.41, 5.74) is 4.22. The fourth-order valence-electron chi connectivity index (χ4n) is 3.25. The molecule has 0 unspecified atom stereocenters. The summed E-state index contributed by atoms with van der Waals surface area (Å²) in [5, 5.41) is 0. The van der Waals surface area contributed by atoms with Gasteiger partial charge in [0.15, 0.2) is 11.5 Å². The van der Waals surface area contributed by atoms with Crippen LogP contribution in [-0.4, -0.2) is 36.6 Å². The molecule has 5 heteroatoms. The summed E-state index contributed by atoms with van der Waals surface area (Å²) in [5.74, 6) is 1.28. The second-order valence-corrected chi connectivity index (χ2v) is 6.70. The number of carbonyl (C=O) groups excluding carboxylic acids is 1. The van der Waals surface area contributed by atoms with E-state index in [2.05, 4.69) is 4.98 Å². The number of amides is 1. The van der Waals surface area contributed by atoms with Crippen molar-refractivity contribution in [2.24, 2.45) is 0 Å². The minimum Gasteiger partial charge on any atom is -0.493 e. The van der Waals surface area contributed by atoms with E-state index in [1.165, 1.54) is 0 Å². The average molecular weight is 390 g/mol. The molecule has 150 valence electrons. The van der Waals surface area contributed by atoms with Gasteiger partial charge in [-0.05, 0) is 43.7 Å². The van der Waals surface area contributed by atoms with Crippen molar-refractivity contribution in [3.05, 3.63) is 77.5 Å². The zero-order chi connectivity index (χ0) is 20.8. The van der Waals surface area contributed by atoms with Gasteiger partial charge in [-0.25, -0.2) is 0 Å². The van der Waals surface area contributed by atoms with E-state index in [0.29, 0.717) is 30.2 Å².